The molecular formula is C14H24N2O3. The first kappa shape index (κ1) is 14.5. The Morgan fingerprint density at radius 2 is 2.11 bits per heavy atom. The van der Waals surface area contributed by atoms with Crippen molar-refractivity contribution in [2.75, 3.05) is 6.61 Å². The Balaban J connectivity index is 1.80. The van der Waals surface area contributed by atoms with Gasteiger partial charge in [0, 0.05) is 0 Å². The van der Waals surface area contributed by atoms with E-state index in [0.29, 0.717) is 5.92 Å². The molecule has 2 aliphatic rings. The highest BCUT2D eigenvalue weighted by molar-refractivity contribution is 5.93. The molecule has 0 aromatic heterocycles. The van der Waals surface area contributed by atoms with Crippen molar-refractivity contribution in [3.8, 4) is 0 Å². The van der Waals surface area contributed by atoms with E-state index in [0.717, 1.165) is 6.42 Å². The first-order valence-electron chi connectivity index (χ1n) is 7.28. The quantitative estimate of drug-likeness (QED) is 0.788. The molecule has 0 aromatic rings. The molecule has 5 heteroatoms. The third kappa shape index (κ3) is 3.76. The molecule has 0 spiro atoms. The molecule has 1 aliphatic carbocycles. The van der Waals surface area contributed by atoms with Crippen LogP contribution in [0.4, 0.5) is 0 Å². The zero-order valence-corrected chi connectivity index (χ0v) is 11.6. The molecule has 1 aliphatic heterocycles. The third-order valence-electron chi connectivity index (χ3n) is 4.25. The van der Waals surface area contributed by atoms with Gasteiger partial charge in [0.2, 0.25) is 5.91 Å². The number of carbonyl (C=O) groups excluding carboxylic acids is 2. The van der Waals surface area contributed by atoms with Crippen molar-refractivity contribution in [1.82, 2.24) is 5.32 Å². The lowest BCUT2D eigenvalue weighted by Gasteiger charge is -2.25. The van der Waals surface area contributed by atoms with Crippen LogP contribution in [0.15, 0.2) is 0 Å². The number of ketones is 1. The standard InChI is InChI=1S/C14H24N2O3/c1-9-13(12(17)8-19-9)16-14(18)11(15)7-10-5-3-2-4-6-10/h9-11,13H,2-8,15H2,1H3,(H,16,18)/t9-,11?,13-/m0/s1. The Hall–Kier alpha value is -0.940. The molecule has 0 aromatic carbocycles. The average molecular weight is 268 g/mol. The van der Waals surface area contributed by atoms with E-state index in [9.17, 15) is 9.59 Å². The first-order valence-corrected chi connectivity index (χ1v) is 7.28. The van der Waals surface area contributed by atoms with Crippen LogP contribution < -0.4 is 11.1 Å². The number of ether oxygens (including phenoxy) is 1. The highest BCUT2D eigenvalue weighted by atomic mass is 16.5. The molecule has 1 heterocycles. The molecule has 19 heavy (non-hydrogen) atoms. The maximum absolute atomic E-state index is 12.0. The fraction of sp³-hybridized carbons (Fsp3) is 0.857. The number of hydrogen-bond acceptors (Lipinski definition) is 4. The van der Waals surface area contributed by atoms with Gasteiger partial charge in [0.15, 0.2) is 5.78 Å². The normalized spacial score (nSPS) is 30.3. The minimum Gasteiger partial charge on any atom is -0.368 e. The van der Waals surface area contributed by atoms with Crippen molar-refractivity contribution in [2.24, 2.45) is 11.7 Å². The predicted molar refractivity (Wildman–Crippen MR) is 71.5 cm³/mol. The molecule has 5 nitrogen and oxygen atoms in total. The molecule has 1 unspecified atom stereocenters. The molecule has 3 N–H and O–H groups in total. The van der Waals surface area contributed by atoms with Gasteiger partial charge in [0.25, 0.3) is 0 Å². The van der Waals surface area contributed by atoms with Crippen molar-refractivity contribution in [1.29, 1.82) is 0 Å². The lowest BCUT2D eigenvalue weighted by molar-refractivity contribution is -0.127. The summed E-state index contributed by atoms with van der Waals surface area (Å²) in [5.41, 5.74) is 5.95. The van der Waals surface area contributed by atoms with E-state index in [-0.39, 0.29) is 24.4 Å². The van der Waals surface area contributed by atoms with Crippen LogP contribution in [0.5, 0.6) is 0 Å². The van der Waals surface area contributed by atoms with Crippen molar-refractivity contribution in [2.45, 2.75) is 63.6 Å². The Morgan fingerprint density at radius 3 is 2.68 bits per heavy atom. The third-order valence-corrected chi connectivity index (χ3v) is 4.25. The SMILES string of the molecule is C[C@@H]1OCC(=O)[C@H]1NC(=O)C(N)CC1CCCCC1. The summed E-state index contributed by atoms with van der Waals surface area (Å²) in [7, 11) is 0. The van der Waals surface area contributed by atoms with E-state index in [4.69, 9.17) is 10.5 Å². The van der Waals surface area contributed by atoms with Gasteiger partial charge in [-0.2, -0.15) is 0 Å². The second-order valence-electron chi connectivity index (χ2n) is 5.81. The van der Waals surface area contributed by atoms with Gasteiger partial charge >= 0.3 is 0 Å². The molecule has 0 radical (unpaired) electrons. The number of Topliss-reactive ketones (excluding diaryl/α,β-unsaturated/α-hetero) is 1. The summed E-state index contributed by atoms with van der Waals surface area (Å²) in [5.74, 6) is 0.273. The average Bonchev–Trinajstić information content (AvgIpc) is 2.71. The molecule has 1 saturated heterocycles. The van der Waals surface area contributed by atoms with Gasteiger partial charge in [0.05, 0.1) is 12.1 Å². The summed E-state index contributed by atoms with van der Waals surface area (Å²) in [6.45, 7) is 1.88. The maximum atomic E-state index is 12.0. The topological polar surface area (TPSA) is 81.4 Å². The smallest absolute Gasteiger partial charge is 0.237 e. The van der Waals surface area contributed by atoms with Crippen LogP contribution in [0.2, 0.25) is 0 Å². The number of nitrogens with one attached hydrogen (secondary N) is 1. The Kier molecular flexibility index (Phi) is 4.93. The van der Waals surface area contributed by atoms with Crippen LogP contribution in [0.3, 0.4) is 0 Å². The van der Waals surface area contributed by atoms with Crippen molar-refractivity contribution in [3.63, 3.8) is 0 Å². The van der Waals surface area contributed by atoms with Gasteiger partial charge in [-0.1, -0.05) is 32.1 Å². The number of nitrogens with two attached hydrogens (primary N) is 1. The molecule has 3 atom stereocenters. The summed E-state index contributed by atoms with van der Waals surface area (Å²) >= 11 is 0. The monoisotopic (exact) mass is 268 g/mol. The highest BCUT2D eigenvalue weighted by Gasteiger charge is 2.35. The Bertz CT molecular complexity index is 340. The molecule has 0 bridgehead atoms. The van der Waals surface area contributed by atoms with Crippen LogP contribution in [-0.2, 0) is 14.3 Å². The molecule has 108 valence electrons. The molecule has 1 amide bonds. The molecule has 1 saturated carbocycles. The zero-order chi connectivity index (χ0) is 13.8. The van der Waals surface area contributed by atoms with Crippen molar-refractivity contribution in [3.05, 3.63) is 0 Å². The molecule has 2 fully saturated rings. The number of amides is 1. The van der Waals surface area contributed by atoms with Gasteiger partial charge in [-0.15, -0.1) is 0 Å². The second kappa shape index (κ2) is 6.48. The van der Waals surface area contributed by atoms with Crippen LogP contribution in [0.25, 0.3) is 0 Å². The lowest BCUT2D eigenvalue weighted by atomic mass is 9.85. The summed E-state index contributed by atoms with van der Waals surface area (Å²) in [6, 6.07) is -1.03. The highest BCUT2D eigenvalue weighted by Crippen LogP contribution is 2.27. The van der Waals surface area contributed by atoms with Gasteiger partial charge in [-0.25, -0.2) is 0 Å². The van der Waals surface area contributed by atoms with Crippen molar-refractivity contribution >= 4 is 11.7 Å². The zero-order valence-electron chi connectivity index (χ0n) is 11.6. The summed E-state index contributed by atoms with van der Waals surface area (Å²) in [4.78, 5) is 23.6. The summed E-state index contributed by atoms with van der Waals surface area (Å²) < 4.78 is 5.20. The van der Waals surface area contributed by atoms with E-state index in [2.05, 4.69) is 5.32 Å². The number of rotatable bonds is 4. The summed E-state index contributed by atoms with van der Waals surface area (Å²) in [5, 5.41) is 2.73. The largest absolute Gasteiger partial charge is 0.368 e. The van der Waals surface area contributed by atoms with E-state index in [1.54, 1.807) is 6.92 Å². The Morgan fingerprint density at radius 1 is 1.42 bits per heavy atom. The van der Waals surface area contributed by atoms with E-state index in [1.807, 2.05) is 0 Å². The lowest BCUT2D eigenvalue weighted by Crippen LogP contribution is -2.50. The van der Waals surface area contributed by atoms with E-state index in [1.165, 1.54) is 32.1 Å². The minimum absolute atomic E-state index is 0.0642. The van der Waals surface area contributed by atoms with Crippen LogP contribution in [0.1, 0.15) is 45.4 Å². The van der Waals surface area contributed by atoms with Gasteiger partial charge in [-0.3, -0.25) is 9.59 Å². The van der Waals surface area contributed by atoms with Gasteiger partial charge in [-0.05, 0) is 19.3 Å². The predicted octanol–water partition coefficient (Wildman–Crippen LogP) is 0.757. The number of carbonyl (C=O) groups is 2. The first-order chi connectivity index (χ1) is 9.08. The Labute approximate surface area is 114 Å². The van der Waals surface area contributed by atoms with Gasteiger partial charge < -0.3 is 15.8 Å². The van der Waals surface area contributed by atoms with Crippen LogP contribution in [-0.4, -0.2) is 36.5 Å². The fourth-order valence-electron chi connectivity index (χ4n) is 3.01. The van der Waals surface area contributed by atoms with Crippen molar-refractivity contribution < 1.29 is 14.3 Å². The van der Waals surface area contributed by atoms with E-state index >= 15 is 0 Å². The maximum Gasteiger partial charge on any atom is 0.237 e. The molecular weight excluding hydrogens is 244 g/mol. The summed E-state index contributed by atoms with van der Waals surface area (Å²) in [6.07, 6.45) is 6.59. The van der Waals surface area contributed by atoms with Crippen LogP contribution in [0, 0.1) is 5.92 Å². The second-order valence-corrected chi connectivity index (χ2v) is 5.81. The fourth-order valence-corrected chi connectivity index (χ4v) is 3.01. The van der Waals surface area contributed by atoms with Crippen LogP contribution >= 0.6 is 0 Å². The minimum atomic E-state index is -0.523. The number of hydrogen-bond donors (Lipinski definition) is 2. The van der Waals surface area contributed by atoms with Gasteiger partial charge in [0.1, 0.15) is 12.6 Å². The van der Waals surface area contributed by atoms with E-state index < -0.39 is 12.1 Å². The molecule has 2 rings (SSSR count).